The fourth-order valence-corrected chi connectivity index (χ4v) is 2.23. The number of halogens is 1. The molecule has 0 saturated heterocycles. The van der Waals surface area contributed by atoms with Crippen molar-refractivity contribution < 1.29 is 9.50 Å². The van der Waals surface area contributed by atoms with Gasteiger partial charge in [-0.15, -0.1) is 0 Å². The second-order valence-corrected chi connectivity index (χ2v) is 4.08. The van der Waals surface area contributed by atoms with Crippen LogP contribution in [0.25, 0.3) is 0 Å². The second-order valence-electron chi connectivity index (χ2n) is 4.08. The Bertz CT molecular complexity index is 367. The van der Waals surface area contributed by atoms with Crippen LogP contribution < -0.4 is 5.32 Å². The van der Waals surface area contributed by atoms with Crippen molar-refractivity contribution in [3.8, 4) is 0 Å². The first kappa shape index (κ1) is 10.6. The highest BCUT2D eigenvalue weighted by atomic mass is 19.1. The Kier molecular flexibility index (Phi) is 2.76. The lowest BCUT2D eigenvalue weighted by Crippen LogP contribution is -2.36. The van der Waals surface area contributed by atoms with Gasteiger partial charge in [-0.05, 0) is 36.6 Å². The fraction of sp³-hybridized carbons (Fsp3) is 0.500. The van der Waals surface area contributed by atoms with Gasteiger partial charge in [0, 0.05) is 6.54 Å². The molecule has 1 aromatic carbocycles. The van der Waals surface area contributed by atoms with Crippen LogP contribution in [0.5, 0.6) is 0 Å². The zero-order valence-electron chi connectivity index (χ0n) is 8.89. The minimum atomic E-state index is -0.882. The molecule has 1 aromatic rings. The van der Waals surface area contributed by atoms with Crippen LogP contribution in [-0.2, 0) is 12.0 Å². The average Bonchev–Trinajstić information content (AvgIpc) is 2.56. The van der Waals surface area contributed by atoms with E-state index >= 15 is 0 Å². The smallest absolute Gasteiger partial charge is 0.126 e. The molecule has 0 aliphatic heterocycles. The molecule has 2 rings (SSSR count). The first-order valence-corrected chi connectivity index (χ1v) is 5.38. The van der Waals surface area contributed by atoms with E-state index in [-0.39, 0.29) is 5.82 Å². The number of aliphatic hydroxyl groups is 1. The molecule has 0 heterocycles. The summed E-state index contributed by atoms with van der Waals surface area (Å²) in [4.78, 5) is 0. The Labute approximate surface area is 89.1 Å². The van der Waals surface area contributed by atoms with Gasteiger partial charge in [0.2, 0.25) is 0 Å². The molecule has 0 radical (unpaired) electrons. The van der Waals surface area contributed by atoms with Gasteiger partial charge in [0.05, 0.1) is 0 Å². The summed E-state index contributed by atoms with van der Waals surface area (Å²) in [5.41, 5.74) is 0.550. The summed E-state index contributed by atoms with van der Waals surface area (Å²) >= 11 is 0. The van der Waals surface area contributed by atoms with Gasteiger partial charge in [-0.1, -0.05) is 19.1 Å². The number of fused-ring (bicyclic) bond motifs is 1. The van der Waals surface area contributed by atoms with Crippen molar-refractivity contribution in [2.75, 3.05) is 13.1 Å². The SMILES string of the molecule is CCNCC1(O)CCc2c(F)cccc21. The summed E-state index contributed by atoms with van der Waals surface area (Å²) in [5.74, 6) is -0.195. The molecule has 0 fully saturated rings. The summed E-state index contributed by atoms with van der Waals surface area (Å²) in [7, 11) is 0. The van der Waals surface area contributed by atoms with E-state index in [9.17, 15) is 9.50 Å². The molecule has 1 atom stereocenters. The van der Waals surface area contributed by atoms with Crippen molar-refractivity contribution in [3.05, 3.63) is 35.1 Å². The third-order valence-corrected chi connectivity index (χ3v) is 3.08. The molecule has 2 nitrogen and oxygen atoms in total. The molecule has 0 aromatic heterocycles. The highest BCUT2D eigenvalue weighted by Gasteiger charge is 2.37. The molecule has 15 heavy (non-hydrogen) atoms. The minimum Gasteiger partial charge on any atom is -0.384 e. The molecule has 82 valence electrons. The van der Waals surface area contributed by atoms with Gasteiger partial charge in [0.15, 0.2) is 0 Å². The third kappa shape index (κ3) is 1.77. The standard InChI is InChI=1S/C12H16FNO/c1-2-14-8-12(15)7-6-9-10(12)4-3-5-11(9)13/h3-5,14-15H,2,6-8H2,1H3. The Morgan fingerprint density at radius 3 is 3.07 bits per heavy atom. The summed E-state index contributed by atoms with van der Waals surface area (Å²) in [6.07, 6.45) is 1.24. The Morgan fingerprint density at radius 1 is 1.53 bits per heavy atom. The second kappa shape index (κ2) is 3.91. The maximum Gasteiger partial charge on any atom is 0.126 e. The van der Waals surface area contributed by atoms with Gasteiger partial charge in [0.25, 0.3) is 0 Å². The van der Waals surface area contributed by atoms with E-state index in [0.717, 1.165) is 12.1 Å². The normalized spacial score (nSPS) is 24.2. The van der Waals surface area contributed by atoms with E-state index in [1.807, 2.05) is 13.0 Å². The summed E-state index contributed by atoms with van der Waals surface area (Å²) in [6, 6.07) is 4.94. The Hall–Kier alpha value is -0.930. The van der Waals surface area contributed by atoms with Gasteiger partial charge >= 0.3 is 0 Å². The number of benzene rings is 1. The van der Waals surface area contributed by atoms with E-state index in [1.165, 1.54) is 6.07 Å². The number of hydrogen-bond donors (Lipinski definition) is 2. The summed E-state index contributed by atoms with van der Waals surface area (Å²) < 4.78 is 13.4. The van der Waals surface area contributed by atoms with Crippen LogP contribution >= 0.6 is 0 Å². The molecule has 2 N–H and O–H groups in total. The van der Waals surface area contributed by atoms with Crippen LogP contribution in [0.2, 0.25) is 0 Å². The Morgan fingerprint density at radius 2 is 2.33 bits per heavy atom. The highest BCUT2D eigenvalue weighted by Crippen LogP contribution is 2.37. The number of rotatable bonds is 3. The molecule has 3 heteroatoms. The number of likely N-dealkylation sites (N-methyl/N-ethyl adjacent to an activating group) is 1. The van der Waals surface area contributed by atoms with Crippen LogP contribution in [0.15, 0.2) is 18.2 Å². The quantitative estimate of drug-likeness (QED) is 0.792. The lowest BCUT2D eigenvalue weighted by Gasteiger charge is -2.24. The van der Waals surface area contributed by atoms with E-state index in [0.29, 0.717) is 24.9 Å². The molecule has 1 aliphatic rings. The van der Waals surface area contributed by atoms with E-state index in [1.54, 1.807) is 6.07 Å². The van der Waals surface area contributed by atoms with Crippen molar-refractivity contribution >= 4 is 0 Å². The van der Waals surface area contributed by atoms with Gasteiger partial charge in [0.1, 0.15) is 11.4 Å². The van der Waals surface area contributed by atoms with Gasteiger partial charge in [-0.25, -0.2) is 4.39 Å². The number of hydrogen-bond acceptors (Lipinski definition) is 2. The fourth-order valence-electron chi connectivity index (χ4n) is 2.23. The molecule has 0 amide bonds. The highest BCUT2D eigenvalue weighted by molar-refractivity contribution is 5.38. The lowest BCUT2D eigenvalue weighted by atomic mass is 9.96. The molecule has 0 bridgehead atoms. The third-order valence-electron chi connectivity index (χ3n) is 3.08. The van der Waals surface area contributed by atoms with Crippen molar-refractivity contribution in [2.45, 2.75) is 25.4 Å². The minimum absolute atomic E-state index is 0.195. The number of nitrogens with one attached hydrogen (secondary N) is 1. The van der Waals surface area contributed by atoms with E-state index in [4.69, 9.17) is 0 Å². The molecule has 1 aliphatic carbocycles. The molecular formula is C12H16FNO. The molecular weight excluding hydrogens is 193 g/mol. The van der Waals surface area contributed by atoms with Gasteiger partial charge in [-0.2, -0.15) is 0 Å². The maximum absolute atomic E-state index is 13.4. The largest absolute Gasteiger partial charge is 0.384 e. The van der Waals surface area contributed by atoms with Crippen LogP contribution in [0, 0.1) is 5.82 Å². The maximum atomic E-state index is 13.4. The predicted octanol–water partition coefficient (Wildman–Crippen LogP) is 1.57. The zero-order valence-corrected chi connectivity index (χ0v) is 8.89. The van der Waals surface area contributed by atoms with E-state index in [2.05, 4.69) is 5.32 Å². The topological polar surface area (TPSA) is 32.3 Å². The summed E-state index contributed by atoms with van der Waals surface area (Å²) in [6.45, 7) is 3.30. The van der Waals surface area contributed by atoms with Crippen LogP contribution in [-0.4, -0.2) is 18.2 Å². The first-order valence-electron chi connectivity index (χ1n) is 5.38. The van der Waals surface area contributed by atoms with Crippen molar-refractivity contribution in [3.63, 3.8) is 0 Å². The van der Waals surface area contributed by atoms with Crippen molar-refractivity contribution in [2.24, 2.45) is 0 Å². The van der Waals surface area contributed by atoms with Crippen molar-refractivity contribution in [1.29, 1.82) is 0 Å². The van der Waals surface area contributed by atoms with Crippen LogP contribution in [0.3, 0.4) is 0 Å². The average molecular weight is 209 g/mol. The summed E-state index contributed by atoms with van der Waals surface area (Å²) in [5, 5.41) is 13.5. The first-order chi connectivity index (χ1) is 7.17. The molecule has 1 unspecified atom stereocenters. The monoisotopic (exact) mass is 209 g/mol. The Balaban J connectivity index is 2.31. The lowest BCUT2D eigenvalue weighted by molar-refractivity contribution is 0.0393. The molecule has 0 saturated carbocycles. The van der Waals surface area contributed by atoms with Gasteiger partial charge < -0.3 is 10.4 Å². The molecule has 0 spiro atoms. The van der Waals surface area contributed by atoms with Gasteiger partial charge in [-0.3, -0.25) is 0 Å². The van der Waals surface area contributed by atoms with Crippen LogP contribution in [0.1, 0.15) is 24.5 Å². The predicted molar refractivity (Wildman–Crippen MR) is 57.2 cm³/mol. The van der Waals surface area contributed by atoms with Crippen LogP contribution in [0.4, 0.5) is 4.39 Å². The van der Waals surface area contributed by atoms with E-state index < -0.39 is 5.60 Å². The van der Waals surface area contributed by atoms with Crippen molar-refractivity contribution in [1.82, 2.24) is 5.32 Å². The zero-order chi connectivity index (χ0) is 10.9.